The summed E-state index contributed by atoms with van der Waals surface area (Å²) in [7, 11) is 0. The first-order valence-corrected chi connectivity index (χ1v) is 7.19. The van der Waals surface area contributed by atoms with Crippen molar-refractivity contribution in [3.05, 3.63) is 53.6 Å². The van der Waals surface area contributed by atoms with Crippen LogP contribution < -0.4 is 5.32 Å². The third kappa shape index (κ3) is 2.37. The Hall–Kier alpha value is -1.76. The van der Waals surface area contributed by atoms with Gasteiger partial charge in [-0.3, -0.25) is 0 Å². The third-order valence-corrected chi connectivity index (χ3v) is 3.89. The second-order valence-electron chi connectivity index (χ2n) is 5.77. The summed E-state index contributed by atoms with van der Waals surface area (Å²) in [5.74, 6) is 0.751. The lowest BCUT2D eigenvalue weighted by molar-refractivity contribution is 0.607. The van der Waals surface area contributed by atoms with Crippen LogP contribution >= 0.6 is 0 Å². The van der Waals surface area contributed by atoms with Gasteiger partial charge in [0, 0.05) is 18.7 Å². The van der Waals surface area contributed by atoms with Crippen LogP contribution in [0.5, 0.6) is 0 Å². The fourth-order valence-corrected chi connectivity index (χ4v) is 2.82. The number of fused-ring (bicyclic) bond motifs is 3. The fourth-order valence-electron chi connectivity index (χ4n) is 2.82. The van der Waals surface area contributed by atoms with E-state index in [1.54, 1.807) is 0 Å². The molecule has 2 aromatic rings. The molecular formula is C18H21N. The van der Waals surface area contributed by atoms with Crippen molar-refractivity contribution in [1.29, 1.82) is 0 Å². The molecule has 0 spiro atoms. The van der Waals surface area contributed by atoms with Crippen LogP contribution in [0.2, 0.25) is 0 Å². The third-order valence-electron chi connectivity index (χ3n) is 3.89. The molecule has 0 saturated carbocycles. The molecule has 0 saturated heterocycles. The van der Waals surface area contributed by atoms with Gasteiger partial charge >= 0.3 is 0 Å². The van der Waals surface area contributed by atoms with E-state index >= 15 is 0 Å². The Labute approximate surface area is 115 Å². The lowest BCUT2D eigenvalue weighted by Crippen LogP contribution is -2.06. The smallest absolute Gasteiger partial charge is 0.0382 e. The molecule has 0 aliphatic heterocycles. The molecule has 3 rings (SSSR count). The Morgan fingerprint density at radius 1 is 1.00 bits per heavy atom. The molecule has 0 atom stereocenters. The van der Waals surface area contributed by atoms with E-state index in [-0.39, 0.29) is 0 Å². The van der Waals surface area contributed by atoms with Gasteiger partial charge in [0.05, 0.1) is 0 Å². The molecule has 19 heavy (non-hydrogen) atoms. The SMILES string of the molecule is CC(C)CCNc1cccc2c1Cc1ccccc1-2. The van der Waals surface area contributed by atoms with Crippen molar-refractivity contribution in [2.24, 2.45) is 5.92 Å². The van der Waals surface area contributed by atoms with Crippen LogP contribution in [0.15, 0.2) is 42.5 Å². The Morgan fingerprint density at radius 3 is 2.63 bits per heavy atom. The summed E-state index contributed by atoms with van der Waals surface area (Å²) in [6.07, 6.45) is 2.28. The summed E-state index contributed by atoms with van der Waals surface area (Å²) in [6.45, 7) is 5.60. The van der Waals surface area contributed by atoms with Crippen LogP contribution in [0.25, 0.3) is 11.1 Å². The van der Waals surface area contributed by atoms with Gasteiger partial charge in [-0.1, -0.05) is 50.2 Å². The molecule has 0 bridgehead atoms. The van der Waals surface area contributed by atoms with E-state index in [9.17, 15) is 0 Å². The average Bonchev–Trinajstić information content (AvgIpc) is 2.78. The van der Waals surface area contributed by atoms with Crippen LogP contribution in [0.3, 0.4) is 0 Å². The lowest BCUT2D eigenvalue weighted by Gasteiger charge is -2.12. The summed E-state index contributed by atoms with van der Waals surface area (Å²) >= 11 is 0. The molecule has 0 heterocycles. The van der Waals surface area contributed by atoms with Crippen molar-refractivity contribution >= 4 is 5.69 Å². The zero-order chi connectivity index (χ0) is 13.2. The summed E-state index contributed by atoms with van der Waals surface area (Å²) in [6, 6.07) is 15.4. The minimum absolute atomic E-state index is 0.751. The first-order chi connectivity index (χ1) is 9.25. The second-order valence-corrected chi connectivity index (χ2v) is 5.77. The zero-order valence-electron chi connectivity index (χ0n) is 11.7. The van der Waals surface area contributed by atoms with E-state index in [2.05, 4.69) is 61.6 Å². The number of benzene rings is 2. The van der Waals surface area contributed by atoms with Crippen molar-refractivity contribution in [2.45, 2.75) is 26.7 Å². The summed E-state index contributed by atoms with van der Waals surface area (Å²) in [5.41, 5.74) is 7.05. The van der Waals surface area contributed by atoms with Crippen molar-refractivity contribution in [2.75, 3.05) is 11.9 Å². The summed E-state index contributed by atoms with van der Waals surface area (Å²) in [4.78, 5) is 0. The van der Waals surface area contributed by atoms with Gasteiger partial charge in [0.1, 0.15) is 0 Å². The number of nitrogens with one attached hydrogen (secondary N) is 1. The van der Waals surface area contributed by atoms with Gasteiger partial charge in [-0.05, 0) is 40.7 Å². The molecule has 2 aromatic carbocycles. The molecule has 1 aliphatic carbocycles. The van der Waals surface area contributed by atoms with Crippen LogP contribution in [0.1, 0.15) is 31.4 Å². The highest BCUT2D eigenvalue weighted by Gasteiger charge is 2.19. The first kappa shape index (κ1) is 12.3. The number of rotatable bonds is 4. The quantitative estimate of drug-likeness (QED) is 0.707. The van der Waals surface area contributed by atoms with Crippen molar-refractivity contribution in [3.8, 4) is 11.1 Å². The van der Waals surface area contributed by atoms with Gasteiger partial charge in [0.2, 0.25) is 0 Å². The highest BCUT2D eigenvalue weighted by Crippen LogP contribution is 2.39. The molecule has 0 unspecified atom stereocenters. The van der Waals surface area contributed by atoms with Crippen molar-refractivity contribution in [3.63, 3.8) is 0 Å². The minimum atomic E-state index is 0.751. The average molecular weight is 251 g/mol. The molecule has 0 amide bonds. The predicted molar refractivity (Wildman–Crippen MR) is 82.6 cm³/mol. The van der Waals surface area contributed by atoms with Crippen LogP contribution in [0, 0.1) is 5.92 Å². The normalized spacial score (nSPS) is 12.4. The summed E-state index contributed by atoms with van der Waals surface area (Å²) < 4.78 is 0. The minimum Gasteiger partial charge on any atom is -0.385 e. The van der Waals surface area contributed by atoms with Gasteiger partial charge in [-0.2, -0.15) is 0 Å². The number of hydrogen-bond donors (Lipinski definition) is 1. The van der Waals surface area contributed by atoms with E-state index in [1.165, 1.54) is 34.4 Å². The molecule has 0 aromatic heterocycles. The Bertz CT molecular complexity index is 584. The van der Waals surface area contributed by atoms with Gasteiger partial charge in [-0.15, -0.1) is 0 Å². The van der Waals surface area contributed by atoms with Crippen molar-refractivity contribution < 1.29 is 0 Å². The van der Waals surface area contributed by atoms with E-state index in [0.717, 1.165) is 18.9 Å². The maximum absolute atomic E-state index is 3.61. The van der Waals surface area contributed by atoms with E-state index in [1.807, 2.05) is 0 Å². The maximum Gasteiger partial charge on any atom is 0.0382 e. The molecule has 1 aliphatic rings. The van der Waals surface area contributed by atoms with Crippen molar-refractivity contribution in [1.82, 2.24) is 0 Å². The molecule has 0 radical (unpaired) electrons. The molecular weight excluding hydrogens is 230 g/mol. The topological polar surface area (TPSA) is 12.0 Å². The van der Waals surface area contributed by atoms with E-state index < -0.39 is 0 Å². The Kier molecular flexibility index (Phi) is 3.29. The largest absolute Gasteiger partial charge is 0.385 e. The van der Waals surface area contributed by atoms with Gasteiger partial charge in [0.15, 0.2) is 0 Å². The van der Waals surface area contributed by atoms with Gasteiger partial charge in [-0.25, -0.2) is 0 Å². The Balaban J connectivity index is 1.86. The fraction of sp³-hybridized carbons (Fsp3) is 0.333. The van der Waals surface area contributed by atoms with Crippen LogP contribution in [-0.2, 0) is 6.42 Å². The van der Waals surface area contributed by atoms with Crippen LogP contribution in [-0.4, -0.2) is 6.54 Å². The maximum atomic E-state index is 3.61. The predicted octanol–water partition coefficient (Wildman–Crippen LogP) is 4.72. The second kappa shape index (κ2) is 5.08. The summed E-state index contributed by atoms with van der Waals surface area (Å²) in [5, 5.41) is 3.61. The zero-order valence-corrected chi connectivity index (χ0v) is 11.7. The number of anilines is 1. The lowest BCUT2D eigenvalue weighted by atomic mass is 10.0. The molecule has 1 N–H and O–H groups in total. The van der Waals surface area contributed by atoms with E-state index in [4.69, 9.17) is 0 Å². The van der Waals surface area contributed by atoms with Crippen LogP contribution in [0.4, 0.5) is 5.69 Å². The van der Waals surface area contributed by atoms with Gasteiger partial charge < -0.3 is 5.32 Å². The highest BCUT2D eigenvalue weighted by molar-refractivity contribution is 5.81. The molecule has 0 fully saturated rings. The highest BCUT2D eigenvalue weighted by atomic mass is 14.9. The number of hydrogen-bond acceptors (Lipinski definition) is 1. The molecule has 1 heteroatoms. The standard InChI is InChI=1S/C18H21N/c1-13(2)10-11-19-18-9-5-8-16-15-7-4-3-6-14(15)12-17(16)18/h3-9,13,19H,10-12H2,1-2H3. The monoisotopic (exact) mass is 251 g/mol. The molecule has 98 valence electrons. The Morgan fingerprint density at radius 2 is 1.79 bits per heavy atom. The molecule has 1 nitrogen and oxygen atoms in total. The first-order valence-electron chi connectivity index (χ1n) is 7.19. The van der Waals surface area contributed by atoms with Gasteiger partial charge in [0.25, 0.3) is 0 Å². The van der Waals surface area contributed by atoms with E-state index in [0.29, 0.717) is 0 Å².